The van der Waals surface area contributed by atoms with Crippen molar-refractivity contribution in [2.75, 3.05) is 11.8 Å². The third-order valence-corrected chi connectivity index (χ3v) is 2.44. The average Bonchev–Trinajstić information content (AvgIpc) is 2.33. The first kappa shape index (κ1) is 10.8. The zero-order chi connectivity index (χ0) is 11.4. The molecule has 0 aromatic heterocycles. The number of alkyl halides is 1. The number of rotatable bonds is 3. The van der Waals surface area contributed by atoms with Gasteiger partial charge < -0.3 is 10.5 Å². The van der Waals surface area contributed by atoms with Gasteiger partial charge in [0.15, 0.2) is 6.07 Å². The van der Waals surface area contributed by atoms with Crippen LogP contribution in [-0.4, -0.2) is 6.07 Å². The second-order valence-electron chi connectivity index (χ2n) is 3.37. The Morgan fingerprint density at radius 3 is 2.44 bits per heavy atom. The van der Waals surface area contributed by atoms with Crippen molar-refractivity contribution in [1.29, 1.82) is 0 Å². The van der Waals surface area contributed by atoms with Crippen molar-refractivity contribution < 1.29 is 4.74 Å². The molecular formula is C13H12ClNO. The van der Waals surface area contributed by atoms with Gasteiger partial charge in [0.25, 0.3) is 0 Å². The van der Waals surface area contributed by atoms with Gasteiger partial charge in [-0.1, -0.05) is 48.0 Å². The van der Waals surface area contributed by atoms with Crippen LogP contribution in [0.1, 0.15) is 0 Å². The highest BCUT2D eigenvalue weighted by Crippen LogP contribution is 2.28. The topological polar surface area (TPSA) is 35.2 Å². The van der Waals surface area contributed by atoms with Crippen LogP contribution in [0.25, 0.3) is 11.1 Å². The van der Waals surface area contributed by atoms with Crippen molar-refractivity contribution >= 4 is 17.3 Å². The molecule has 0 aliphatic heterocycles. The minimum Gasteiger partial charge on any atom is -0.476 e. The molecule has 2 nitrogen and oxygen atoms in total. The predicted molar refractivity (Wildman–Crippen MR) is 67.6 cm³/mol. The lowest BCUT2D eigenvalue weighted by atomic mass is 10.1. The lowest BCUT2D eigenvalue weighted by Gasteiger charge is -2.08. The molecule has 2 rings (SSSR count). The Bertz CT molecular complexity index is 471. The van der Waals surface area contributed by atoms with Crippen LogP contribution >= 0.6 is 11.6 Å². The van der Waals surface area contributed by atoms with Crippen LogP contribution in [-0.2, 0) is 0 Å². The van der Waals surface area contributed by atoms with Crippen LogP contribution in [0.15, 0.2) is 48.5 Å². The van der Waals surface area contributed by atoms with Gasteiger partial charge in [0.05, 0.1) is 5.69 Å². The molecule has 0 saturated carbocycles. The fourth-order valence-corrected chi connectivity index (χ4v) is 1.65. The molecule has 0 bridgehead atoms. The molecule has 0 fully saturated rings. The monoisotopic (exact) mass is 233 g/mol. The largest absolute Gasteiger partial charge is 0.476 e. The van der Waals surface area contributed by atoms with Gasteiger partial charge in [0.2, 0.25) is 0 Å². The molecule has 0 aliphatic rings. The number of hydrogen-bond donors (Lipinski definition) is 1. The standard InChI is InChI=1S/C13H12ClNO/c14-9-16-13-8-11(6-7-12(13)15)10-4-2-1-3-5-10/h1-8H,9,15H2. The van der Waals surface area contributed by atoms with Gasteiger partial charge in [-0.15, -0.1) is 0 Å². The number of hydrogen-bond acceptors (Lipinski definition) is 2. The van der Waals surface area contributed by atoms with E-state index in [0.717, 1.165) is 11.1 Å². The highest BCUT2D eigenvalue weighted by atomic mass is 35.5. The second kappa shape index (κ2) is 4.90. The molecule has 2 aromatic rings. The van der Waals surface area contributed by atoms with Gasteiger partial charge in [-0.25, -0.2) is 0 Å². The highest BCUT2D eigenvalue weighted by Gasteiger charge is 2.03. The van der Waals surface area contributed by atoms with E-state index in [0.29, 0.717) is 11.4 Å². The number of anilines is 1. The zero-order valence-corrected chi connectivity index (χ0v) is 9.45. The zero-order valence-electron chi connectivity index (χ0n) is 8.69. The number of ether oxygens (including phenoxy) is 1. The molecule has 0 radical (unpaired) electrons. The average molecular weight is 234 g/mol. The summed E-state index contributed by atoms with van der Waals surface area (Å²) in [6.07, 6.45) is 0. The van der Waals surface area contributed by atoms with E-state index in [1.54, 1.807) is 0 Å². The van der Waals surface area contributed by atoms with Crippen molar-refractivity contribution in [2.24, 2.45) is 0 Å². The lowest BCUT2D eigenvalue weighted by Crippen LogP contribution is -1.95. The van der Waals surface area contributed by atoms with Crippen molar-refractivity contribution in [1.82, 2.24) is 0 Å². The van der Waals surface area contributed by atoms with Crippen LogP contribution in [0.4, 0.5) is 5.69 Å². The molecule has 0 aliphatic carbocycles. The fraction of sp³-hybridized carbons (Fsp3) is 0.0769. The Hall–Kier alpha value is -1.67. The van der Waals surface area contributed by atoms with Crippen molar-refractivity contribution in [3.63, 3.8) is 0 Å². The molecule has 2 N–H and O–H groups in total. The quantitative estimate of drug-likeness (QED) is 0.651. The maximum absolute atomic E-state index is 5.77. The van der Waals surface area contributed by atoms with E-state index in [9.17, 15) is 0 Å². The molecule has 2 aromatic carbocycles. The fourth-order valence-electron chi connectivity index (χ4n) is 1.53. The summed E-state index contributed by atoms with van der Waals surface area (Å²) in [7, 11) is 0. The summed E-state index contributed by atoms with van der Waals surface area (Å²) in [5.41, 5.74) is 8.56. The summed E-state index contributed by atoms with van der Waals surface area (Å²) in [6.45, 7) is 0. The Kier molecular flexibility index (Phi) is 3.32. The van der Waals surface area contributed by atoms with Crippen LogP contribution < -0.4 is 10.5 Å². The van der Waals surface area contributed by atoms with Crippen molar-refractivity contribution in [2.45, 2.75) is 0 Å². The SMILES string of the molecule is Nc1ccc(-c2ccccc2)cc1OCCl. The first-order valence-electron chi connectivity index (χ1n) is 4.95. The molecule has 82 valence electrons. The van der Waals surface area contributed by atoms with Crippen LogP contribution in [0.2, 0.25) is 0 Å². The Balaban J connectivity index is 2.40. The summed E-state index contributed by atoms with van der Waals surface area (Å²) < 4.78 is 5.24. The van der Waals surface area contributed by atoms with Crippen molar-refractivity contribution in [3.8, 4) is 16.9 Å². The summed E-state index contributed by atoms with van der Waals surface area (Å²) in [6, 6.07) is 15.8. The minimum atomic E-state index is 0.0996. The maximum Gasteiger partial charge on any atom is 0.162 e. The smallest absolute Gasteiger partial charge is 0.162 e. The molecule has 0 spiro atoms. The lowest BCUT2D eigenvalue weighted by molar-refractivity contribution is 0.390. The summed E-state index contributed by atoms with van der Waals surface area (Å²) >= 11 is 5.53. The Morgan fingerprint density at radius 1 is 1.00 bits per heavy atom. The van der Waals surface area contributed by atoms with E-state index >= 15 is 0 Å². The van der Waals surface area contributed by atoms with Gasteiger partial charge in [0, 0.05) is 0 Å². The van der Waals surface area contributed by atoms with E-state index in [1.165, 1.54) is 0 Å². The normalized spacial score (nSPS) is 10.1. The number of halogens is 1. The molecule has 3 heteroatoms. The van der Waals surface area contributed by atoms with Gasteiger partial charge in [-0.05, 0) is 23.3 Å². The summed E-state index contributed by atoms with van der Waals surface area (Å²) in [5, 5.41) is 0. The first-order valence-corrected chi connectivity index (χ1v) is 5.48. The molecule has 0 amide bonds. The third kappa shape index (κ3) is 2.28. The number of benzene rings is 2. The Morgan fingerprint density at radius 2 is 1.75 bits per heavy atom. The van der Waals surface area contributed by atoms with Gasteiger partial charge in [-0.3, -0.25) is 0 Å². The second-order valence-corrected chi connectivity index (χ2v) is 3.59. The molecule has 0 atom stereocenters. The van der Waals surface area contributed by atoms with E-state index in [-0.39, 0.29) is 6.07 Å². The number of nitrogens with two attached hydrogens (primary N) is 1. The van der Waals surface area contributed by atoms with E-state index in [4.69, 9.17) is 22.1 Å². The van der Waals surface area contributed by atoms with Crippen molar-refractivity contribution in [3.05, 3.63) is 48.5 Å². The first-order chi connectivity index (χ1) is 7.81. The van der Waals surface area contributed by atoms with Gasteiger partial charge >= 0.3 is 0 Å². The van der Waals surface area contributed by atoms with E-state index < -0.39 is 0 Å². The van der Waals surface area contributed by atoms with Gasteiger partial charge in [-0.2, -0.15) is 0 Å². The molecule has 0 saturated heterocycles. The minimum absolute atomic E-state index is 0.0996. The van der Waals surface area contributed by atoms with Crippen LogP contribution in [0.5, 0.6) is 5.75 Å². The predicted octanol–water partition coefficient (Wildman–Crippen LogP) is 3.51. The van der Waals surface area contributed by atoms with E-state index in [2.05, 4.69) is 0 Å². The Labute approximate surface area is 99.6 Å². The molecular weight excluding hydrogens is 222 g/mol. The van der Waals surface area contributed by atoms with Crippen LogP contribution in [0, 0.1) is 0 Å². The molecule has 16 heavy (non-hydrogen) atoms. The van der Waals surface area contributed by atoms with Crippen LogP contribution in [0.3, 0.4) is 0 Å². The highest BCUT2D eigenvalue weighted by molar-refractivity contribution is 6.17. The van der Waals surface area contributed by atoms with Gasteiger partial charge in [0.1, 0.15) is 5.75 Å². The van der Waals surface area contributed by atoms with E-state index in [1.807, 2.05) is 48.5 Å². The molecule has 0 heterocycles. The molecule has 0 unspecified atom stereocenters. The summed E-state index contributed by atoms with van der Waals surface area (Å²) in [5.74, 6) is 0.622. The third-order valence-electron chi connectivity index (χ3n) is 2.33. The maximum atomic E-state index is 5.77. The summed E-state index contributed by atoms with van der Waals surface area (Å²) in [4.78, 5) is 0. The number of nitrogen functional groups attached to an aromatic ring is 1.